The Morgan fingerprint density at radius 2 is 1.87 bits per heavy atom. The highest BCUT2D eigenvalue weighted by molar-refractivity contribution is 8.00. The Morgan fingerprint density at radius 3 is 2.63 bits per heavy atom. The number of anilines is 1. The van der Waals surface area contributed by atoms with Gasteiger partial charge in [-0.15, -0.1) is 22.0 Å². The quantitative estimate of drug-likeness (QED) is 0.429. The monoisotopic (exact) mass is 521 g/mol. The van der Waals surface area contributed by atoms with E-state index in [4.69, 9.17) is 51.1 Å². The van der Waals surface area contributed by atoms with E-state index in [0.717, 1.165) is 0 Å². The molecule has 6 nitrogen and oxygen atoms in total. The average molecular weight is 523 g/mol. The summed E-state index contributed by atoms with van der Waals surface area (Å²) < 4.78 is 5.68. The summed E-state index contributed by atoms with van der Waals surface area (Å²) in [6.07, 6.45) is 0. The molecule has 1 atom stereocenters. The van der Waals surface area contributed by atoms with Crippen LogP contribution in [0.5, 0.6) is 11.5 Å². The molecule has 1 aliphatic rings. The Morgan fingerprint density at radius 1 is 1.10 bits per heavy atom. The summed E-state index contributed by atoms with van der Waals surface area (Å²) in [4.78, 5) is 14.0. The van der Waals surface area contributed by atoms with Crippen molar-refractivity contribution in [2.75, 3.05) is 10.7 Å². The number of rotatable bonds is 5. The van der Waals surface area contributed by atoms with Gasteiger partial charge in [0.1, 0.15) is 23.5 Å². The van der Waals surface area contributed by atoms with Crippen LogP contribution >= 0.6 is 69.5 Å². The zero-order chi connectivity index (χ0) is 21.4. The number of phenolic OH excluding ortho intramolecular Hbond substituents is 1. The number of thioether (sulfide) groups is 1. The maximum Gasteiger partial charge on any atom is 0.240 e. The van der Waals surface area contributed by atoms with Gasteiger partial charge < -0.3 is 9.84 Å². The van der Waals surface area contributed by atoms with E-state index >= 15 is 0 Å². The third-order valence-corrected chi connectivity index (χ3v) is 7.23. The first-order valence-electron chi connectivity index (χ1n) is 8.35. The SMILES string of the molecule is O=C1CSC(c2cc(Cl)cc(Cl)c2O)N1c1nnc(COc2ccc(Cl)cc2Cl)s1. The van der Waals surface area contributed by atoms with Crippen molar-refractivity contribution in [3.8, 4) is 11.5 Å². The Hall–Kier alpha value is -1.42. The van der Waals surface area contributed by atoms with E-state index in [9.17, 15) is 9.90 Å². The zero-order valence-corrected chi connectivity index (χ0v) is 19.5. The van der Waals surface area contributed by atoms with E-state index in [1.54, 1.807) is 24.3 Å². The number of aromatic hydroxyl groups is 1. The number of halogens is 4. The predicted molar refractivity (Wildman–Crippen MR) is 122 cm³/mol. The van der Waals surface area contributed by atoms with Crippen LogP contribution in [0.1, 0.15) is 15.9 Å². The van der Waals surface area contributed by atoms with Gasteiger partial charge in [0.2, 0.25) is 11.0 Å². The summed E-state index contributed by atoms with van der Waals surface area (Å²) >= 11 is 26.7. The molecule has 2 aromatic carbocycles. The van der Waals surface area contributed by atoms with E-state index in [1.165, 1.54) is 34.1 Å². The molecule has 0 radical (unpaired) electrons. The van der Waals surface area contributed by atoms with Crippen LogP contribution in [0, 0.1) is 0 Å². The van der Waals surface area contributed by atoms with Gasteiger partial charge in [0, 0.05) is 15.6 Å². The Kier molecular flexibility index (Phi) is 6.53. The molecule has 1 saturated heterocycles. The normalized spacial score (nSPS) is 16.3. The van der Waals surface area contributed by atoms with Gasteiger partial charge in [-0.1, -0.05) is 57.7 Å². The molecular formula is C18H11Cl4N3O3S2. The number of carbonyl (C=O) groups excluding carboxylic acids is 1. The van der Waals surface area contributed by atoms with E-state index in [-0.39, 0.29) is 29.0 Å². The van der Waals surface area contributed by atoms with E-state index in [0.29, 0.717) is 36.5 Å². The van der Waals surface area contributed by atoms with Crippen molar-refractivity contribution in [2.45, 2.75) is 12.0 Å². The molecule has 1 aromatic heterocycles. The highest BCUT2D eigenvalue weighted by Crippen LogP contribution is 2.47. The molecule has 1 unspecified atom stereocenters. The second-order valence-electron chi connectivity index (χ2n) is 6.09. The van der Waals surface area contributed by atoms with Crippen molar-refractivity contribution in [1.82, 2.24) is 10.2 Å². The van der Waals surface area contributed by atoms with Crippen LogP contribution in [-0.4, -0.2) is 27.0 Å². The standard InChI is InChI=1S/C18H11Cl4N3O3S2/c19-8-1-2-13(11(21)4-8)28-6-14-23-24-18(30-14)25-15(26)7-29-17(25)10-3-9(20)5-12(22)16(10)27/h1-5,17,27H,6-7H2. The largest absolute Gasteiger partial charge is 0.506 e. The van der Waals surface area contributed by atoms with Crippen LogP contribution in [0.25, 0.3) is 0 Å². The van der Waals surface area contributed by atoms with Gasteiger partial charge in [-0.3, -0.25) is 9.69 Å². The number of aromatic nitrogens is 2. The van der Waals surface area contributed by atoms with Gasteiger partial charge >= 0.3 is 0 Å². The van der Waals surface area contributed by atoms with Crippen LogP contribution in [-0.2, 0) is 11.4 Å². The fourth-order valence-electron chi connectivity index (χ4n) is 2.77. The number of hydrogen-bond acceptors (Lipinski definition) is 7. The smallest absolute Gasteiger partial charge is 0.240 e. The lowest BCUT2D eigenvalue weighted by molar-refractivity contribution is -0.115. The first-order valence-corrected chi connectivity index (χ1v) is 11.7. The number of nitrogens with zero attached hydrogens (tertiary/aromatic N) is 3. The number of benzene rings is 2. The van der Waals surface area contributed by atoms with Crippen LogP contribution in [0.15, 0.2) is 30.3 Å². The van der Waals surface area contributed by atoms with Crippen LogP contribution in [0.2, 0.25) is 20.1 Å². The molecule has 156 valence electrons. The fraction of sp³-hybridized carbons (Fsp3) is 0.167. The molecule has 4 rings (SSSR count). The van der Waals surface area contributed by atoms with Gasteiger partial charge in [0.25, 0.3) is 0 Å². The molecule has 1 fully saturated rings. The Labute approximate surface area is 199 Å². The lowest BCUT2D eigenvalue weighted by Gasteiger charge is -2.22. The number of amides is 1. The molecule has 0 bridgehead atoms. The molecule has 12 heteroatoms. The molecule has 0 saturated carbocycles. The fourth-order valence-corrected chi connectivity index (χ4v) is 5.77. The van der Waals surface area contributed by atoms with Crippen molar-refractivity contribution in [2.24, 2.45) is 0 Å². The van der Waals surface area contributed by atoms with E-state index in [1.807, 2.05) is 0 Å². The van der Waals surface area contributed by atoms with Crippen molar-refractivity contribution in [1.29, 1.82) is 0 Å². The Bertz CT molecular complexity index is 1130. The first kappa shape index (κ1) is 21.8. The number of phenols is 1. The minimum atomic E-state index is -0.527. The first-order chi connectivity index (χ1) is 14.3. The highest BCUT2D eigenvalue weighted by Gasteiger charge is 2.38. The van der Waals surface area contributed by atoms with Gasteiger partial charge in [-0.2, -0.15) is 0 Å². The lowest BCUT2D eigenvalue weighted by atomic mass is 10.2. The van der Waals surface area contributed by atoms with Crippen molar-refractivity contribution >= 4 is 80.5 Å². The maximum atomic E-state index is 12.5. The van der Waals surface area contributed by atoms with Crippen molar-refractivity contribution < 1.29 is 14.6 Å². The number of hydrogen-bond donors (Lipinski definition) is 1. The number of carbonyl (C=O) groups is 1. The van der Waals surface area contributed by atoms with E-state index < -0.39 is 5.37 Å². The van der Waals surface area contributed by atoms with Gasteiger partial charge in [-0.25, -0.2) is 0 Å². The number of ether oxygens (including phenoxy) is 1. The van der Waals surface area contributed by atoms with E-state index in [2.05, 4.69) is 10.2 Å². The lowest BCUT2D eigenvalue weighted by Crippen LogP contribution is -2.27. The average Bonchev–Trinajstić information content (AvgIpc) is 3.30. The summed E-state index contributed by atoms with van der Waals surface area (Å²) in [6, 6.07) is 7.93. The van der Waals surface area contributed by atoms with Gasteiger partial charge in [0.05, 0.1) is 15.8 Å². The molecule has 0 aliphatic carbocycles. The zero-order valence-electron chi connectivity index (χ0n) is 14.8. The highest BCUT2D eigenvalue weighted by atomic mass is 35.5. The summed E-state index contributed by atoms with van der Waals surface area (Å²) in [5.41, 5.74) is 0.435. The summed E-state index contributed by atoms with van der Waals surface area (Å²) in [7, 11) is 0. The Balaban J connectivity index is 1.56. The third-order valence-electron chi connectivity index (χ3n) is 4.10. The summed E-state index contributed by atoms with van der Waals surface area (Å²) in [5.74, 6) is 0.399. The molecule has 1 N–H and O–H groups in total. The second-order valence-corrected chi connectivity index (χ2v) is 9.89. The molecule has 2 heterocycles. The maximum absolute atomic E-state index is 12.5. The molecule has 1 amide bonds. The van der Waals surface area contributed by atoms with Crippen molar-refractivity contribution in [3.05, 3.63) is 61.0 Å². The molecular weight excluding hydrogens is 512 g/mol. The van der Waals surface area contributed by atoms with Crippen LogP contribution in [0.4, 0.5) is 5.13 Å². The topological polar surface area (TPSA) is 75.5 Å². The molecule has 3 aromatic rings. The minimum absolute atomic E-state index is 0.114. The summed E-state index contributed by atoms with van der Waals surface area (Å²) in [6.45, 7) is 0.118. The van der Waals surface area contributed by atoms with Crippen molar-refractivity contribution in [3.63, 3.8) is 0 Å². The minimum Gasteiger partial charge on any atom is -0.506 e. The third kappa shape index (κ3) is 4.44. The van der Waals surface area contributed by atoms with Crippen LogP contribution < -0.4 is 9.64 Å². The molecule has 1 aliphatic heterocycles. The van der Waals surface area contributed by atoms with Gasteiger partial charge in [-0.05, 0) is 30.3 Å². The predicted octanol–water partition coefficient (Wildman–Crippen LogP) is 6.21. The second kappa shape index (κ2) is 8.98. The summed E-state index contributed by atoms with van der Waals surface area (Å²) in [5, 5.41) is 20.4. The van der Waals surface area contributed by atoms with Gasteiger partial charge in [0.15, 0.2) is 5.01 Å². The molecule has 0 spiro atoms. The van der Waals surface area contributed by atoms with Crippen LogP contribution in [0.3, 0.4) is 0 Å². The molecule has 30 heavy (non-hydrogen) atoms.